The van der Waals surface area contributed by atoms with Crippen molar-refractivity contribution in [3.8, 4) is 11.5 Å². The molecule has 0 saturated heterocycles. The molecular formula is C13H16O4. The predicted molar refractivity (Wildman–Crippen MR) is 63.5 cm³/mol. The normalized spacial score (nSPS) is 10.8. The monoisotopic (exact) mass is 236 g/mol. The highest BCUT2D eigenvalue weighted by molar-refractivity contribution is 5.83. The molecule has 0 N–H and O–H groups in total. The van der Waals surface area contributed by atoms with Gasteiger partial charge in [0.15, 0.2) is 17.8 Å². The third kappa shape index (κ3) is 3.06. The molecule has 0 aromatic heterocycles. The molecular weight excluding hydrogens is 220 g/mol. The largest absolute Gasteiger partial charge is 0.492 e. The van der Waals surface area contributed by atoms with Gasteiger partial charge in [-0.05, 0) is 32.9 Å². The number of para-hydroxylation sites is 1. The predicted octanol–water partition coefficient (Wildman–Crippen LogP) is 2.46. The van der Waals surface area contributed by atoms with Crippen LogP contribution in [0.3, 0.4) is 0 Å². The minimum atomic E-state index is -0.609. The van der Waals surface area contributed by atoms with Gasteiger partial charge in [-0.1, -0.05) is 6.07 Å². The number of benzene rings is 1. The van der Waals surface area contributed by atoms with Crippen molar-refractivity contribution in [1.29, 1.82) is 0 Å². The summed E-state index contributed by atoms with van der Waals surface area (Å²) in [5.74, 6) is 0.163. The van der Waals surface area contributed by atoms with Crippen LogP contribution in [-0.2, 0) is 4.79 Å². The molecule has 0 fully saturated rings. The lowest BCUT2D eigenvalue weighted by atomic mass is 9.97. The Balaban J connectivity index is 3.07. The van der Waals surface area contributed by atoms with Crippen LogP contribution in [0.25, 0.3) is 0 Å². The van der Waals surface area contributed by atoms with E-state index < -0.39 is 5.41 Å². The quantitative estimate of drug-likeness (QED) is 0.459. The fourth-order valence-corrected chi connectivity index (χ4v) is 1.18. The molecule has 0 saturated carbocycles. The fourth-order valence-electron chi connectivity index (χ4n) is 1.18. The van der Waals surface area contributed by atoms with Crippen LogP contribution in [0.4, 0.5) is 0 Å². The molecule has 0 aliphatic heterocycles. The molecule has 0 bridgehead atoms. The van der Waals surface area contributed by atoms with Gasteiger partial charge in [0.25, 0.3) is 0 Å². The summed E-state index contributed by atoms with van der Waals surface area (Å²) in [5.41, 5.74) is -0.255. The molecule has 0 atom stereocenters. The highest BCUT2D eigenvalue weighted by Gasteiger charge is 2.25. The Morgan fingerprint density at radius 3 is 2.41 bits per heavy atom. The maximum Gasteiger partial charge on any atom is 0.316 e. The van der Waals surface area contributed by atoms with Gasteiger partial charge in [0, 0.05) is 0 Å². The first-order valence-electron chi connectivity index (χ1n) is 5.24. The van der Waals surface area contributed by atoms with E-state index in [-0.39, 0.29) is 17.5 Å². The van der Waals surface area contributed by atoms with E-state index in [4.69, 9.17) is 9.47 Å². The molecule has 92 valence electrons. The van der Waals surface area contributed by atoms with Crippen molar-refractivity contribution in [3.05, 3.63) is 23.8 Å². The van der Waals surface area contributed by atoms with E-state index in [1.165, 1.54) is 7.11 Å². The van der Waals surface area contributed by atoms with Gasteiger partial charge in [-0.15, -0.1) is 0 Å². The van der Waals surface area contributed by atoms with E-state index in [1.807, 2.05) is 0 Å². The second-order valence-corrected chi connectivity index (χ2v) is 4.64. The van der Waals surface area contributed by atoms with Crippen molar-refractivity contribution >= 4 is 12.3 Å². The second-order valence-electron chi connectivity index (χ2n) is 4.64. The highest BCUT2D eigenvalue weighted by atomic mass is 16.6. The van der Waals surface area contributed by atoms with Crippen LogP contribution in [0.5, 0.6) is 11.5 Å². The number of aldehydes is 1. The van der Waals surface area contributed by atoms with E-state index in [1.54, 1.807) is 39.0 Å². The minimum Gasteiger partial charge on any atom is -0.492 e. The third-order valence-corrected chi connectivity index (χ3v) is 2.16. The number of hydrogen-bond donors (Lipinski definition) is 0. The molecule has 1 rings (SSSR count). The third-order valence-electron chi connectivity index (χ3n) is 2.16. The molecule has 17 heavy (non-hydrogen) atoms. The minimum absolute atomic E-state index is 0.261. The number of hydrogen-bond acceptors (Lipinski definition) is 4. The van der Waals surface area contributed by atoms with E-state index in [2.05, 4.69) is 0 Å². The van der Waals surface area contributed by atoms with Crippen molar-refractivity contribution < 1.29 is 19.1 Å². The number of rotatable bonds is 3. The molecule has 1 aromatic carbocycles. The number of methoxy groups -OCH3 is 1. The van der Waals surface area contributed by atoms with Crippen molar-refractivity contribution in [2.75, 3.05) is 7.11 Å². The average Bonchev–Trinajstić information content (AvgIpc) is 2.27. The highest BCUT2D eigenvalue weighted by Crippen LogP contribution is 2.31. The molecule has 4 nitrogen and oxygen atoms in total. The Kier molecular flexibility index (Phi) is 3.89. The number of ether oxygens (including phenoxy) is 2. The lowest BCUT2D eigenvalue weighted by Crippen LogP contribution is -2.25. The Morgan fingerprint density at radius 1 is 1.29 bits per heavy atom. The van der Waals surface area contributed by atoms with Crippen LogP contribution >= 0.6 is 0 Å². The van der Waals surface area contributed by atoms with E-state index in [9.17, 15) is 9.59 Å². The maximum absolute atomic E-state index is 11.7. The first-order valence-corrected chi connectivity index (χ1v) is 5.24. The fraction of sp³-hybridized carbons (Fsp3) is 0.385. The first-order chi connectivity index (χ1) is 7.90. The van der Waals surface area contributed by atoms with E-state index in [0.717, 1.165) is 0 Å². The summed E-state index contributed by atoms with van der Waals surface area (Å²) in [7, 11) is 1.43. The number of carbonyl (C=O) groups excluding carboxylic acids is 2. The second kappa shape index (κ2) is 4.99. The maximum atomic E-state index is 11.7. The van der Waals surface area contributed by atoms with Crippen molar-refractivity contribution in [3.63, 3.8) is 0 Å². The lowest BCUT2D eigenvalue weighted by Gasteiger charge is -2.18. The Bertz CT molecular complexity index is 430. The number of carbonyl (C=O) groups is 2. The average molecular weight is 236 g/mol. The van der Waals surface area contributed by atoms with Gasteiger partial charge >= 0.3 is 5.97 Å². The smallest absolute Gasteiger partial charge is 0.316 e. The van der Waals surface area contributed by atoms with Crippen molar-refractivity contribution in [2.45, 2.75) is 20.8 Å². The molecule has 0 amide bonds. The molecule has 1 aromatic rings. The van der Waals surface area contributed by atoms with Crippen molar-refractivity contribution in [1.82, 2.24) is 0 Å². The van der Waals surface area contributed by atoms with Crippen LogP contribution < -0.4 is 9.47 Å². The van der Waals surface area contributed by atoms with Crippen LogP contribution in [0.15, 0.2) is 18.2 Å². The summed E-state index contributed by atoms with van der Waals surface area (Å²) in [5, 5.41) is 0. The molecule has 0 heterocycles. The topological polar surface area (TPSA) is 52.6 Å². The Labute approximate surface area is 101 Å². The first kappa shape index (κ1) is 13.2. The summed E-state index contributed by atoms with van der Waals surface area (Å²) >= 11 is 0. The summed E-state index contributed by atoms with van der Waals surface area (Å²) in [6, 6.07) is 4.83. The molecule has 0 aliphatic rings. The standard InChI is InChI=1S/C13H16O4/c1-13(2,3)12(15)17-10-7-5-6-9(8-14)11(10)16-4/h5-8H,1-4H3. The van der Waals surface area contributed by atoms with Gasteiger partial charge in [-0.25, -0.2) is 0 Å². The summed E-state index contributed by atoms with van der Waals surface area (Å²) in [6.07, 6.45) is 0.660. The SMILES string of the molecule is COc1c(C=O)cccc1OC(=O)C(C)(C)C. The van der Waals surface area contributed by atoms with E-state index >= 15 is 0 Å². The molecule has 0 radical (unpaired) electrons. The molecule has 0 spiro atoms. The van der Waals surface area contributed by atoms with Crippen LogP contribution in [0, 0.1) is 5.41 Å². The zero-order valence-corrected chi connectivity index (χ0v) is 10.4. The van der Waals surface area contributed by atoms with Crippen LogP contribution in [-0.4, -0.2) is 19.4 Å². The van der Waals surface area contributed by atoms with Gasteiger partial charge in [0.1, 0.15) is 0 Å². The summed E-state index contributed by atoms with van der Waals surface area (Å²) in [4.78, 5) is 22.5. The van der Waals surface area contributed by atoms with Gasteiger partial charge in [0.2, 0.25) is 0 Å². The Hall–Kier alpha value is -1.84. The van der Waals surface area contributed by atoms with Gasteiger partial charge in [0.05, 0.1) is 18.1 Å². The lowest BCUT2D eigenvalue weighted by molar-refractivity contribution is -0.143. The molecule has 0 aliphatic carbocycles. The van der Waals surface area contributed by atoms with E-state index in [0.29, 0.717) is 11.8 Å². The van der Waals surface area contributed by atoms with Gasteiger partial charge in [-0.3, -0.25) is 9.59 Å². The van der Waals surface area contributed by atoms with Gasteiger partial charge in [-0.2, -0.15) is 0 Å². The zero-order chi connectivity index (χ0) is 13.1. The van der Waals surface area contributed by atoms with Gasteiger partial charge < -0.3 is 9.47 Å². The van der Waals surface area contributed by atoms with Crippen LogP contribution in [0.1, 0.15) is 31.1 Å². The van der Waals surface area contributed by atoms with Crippen molar-refractivity contribution in [2.24, 2.45) is 5.41 Å². The summed E-state index contributed by atoms with van der Waals surface area (Å²) < 4.78 is 10.3. The summed E-state index contributed by atoms with van der Waals surface area (Å²) in [6.45, 7) is 5.27. The zero-order valence-electron chi connectivity index (χ0n) is 10.4. The Morgan fingerprint density at radius 2 is 1.94 bits per heavy atom. The molecule has 4 heteroatoms. The molecule has 0 unspecified atom stereocenters. The van der Waals surface area contributed by atoms with Crippen LogP contribution in [0.2, 0.25) is 0 Å². The number of esters is 1.